The van der Waals surface area contributed by atoms with Gasteiger partial charge in [-0.1, -0.05) is 97.1 Å². The molecule has 3 heterocycles. The minimum Gasteiger partial charge on any atom is -0.311 e. The molecule has 218 valence electrons. The molecule has 10 rings (SSSR count). The smallest absolute Gasteiger partial charge is 0.264 e. The van der Waals surface area contributed by atoms with Crippen LogP contribution < -0.4 is 25.5 Å². The highest BCUT2D eigenvalue weighted by molar-refractivity contribution is 7.33. The van der Waals surface area contributed by atoms with Crippen molar-refractivity contribution in [3.05, 3.63) is 151 Å². The average Bonchev–Trinajstić information content (AvgIpc) is 3.51. The highest BCUT2D eigenvalue weighted by Gasteiger charge is 2.45. The van der Waals surface area contributed by atoms with Gasteiger partial charge in [-0.15, -0.1) is 11.3 Å². The molecule has 0 saturated heterocycles. The van der Waals surface area contributed by atoms with Crippen LogP contribution in [-0.4, -0.2) is 6.71 Å². The van der Waals surface area contributed by atoms with Gasteiger partial charge in [0.2, 0.25) is 0 Å². The van der Waals surface area contributed by atoms with Gasteiger partial charge in [-0.05, 0) is 95.8 Å². The molecule has 0 bridgehead atoms. The number of anilines is 6. The Morgan fingerprint density at radius 1 is 0.522 bits per heavy atom. The van der Waals surface area contributed by atoms with Crippen LogP contribution in [0, 0.1) is 0 Å². The minimum absolute atomic E-state index is 0.155. The van der Waals surface area contributed by atoms with Crippen molar-refractivity contribution in [2.24, 2.45) is 0 Å². The van der Waals surface area contributed by atoms with Gasteiger partial charge in [-0.2, -0.15) is 0 Å². The van der Waals surface area contributed by atoms with Gasteiger partial charge in [-0.25, -0.2) is 0 Å². The Morgan fingerprint density at radius 3 is 2.11 bits per heavy atom. The van der Waals surface area contributed by atoms with Gasteiger partial charge >= 0.3 is 0 Å². The van der Waals surface area contributed by atoms with Crippen molar-refractivity contribution in [2.75, 3.05) is 9.80 Å². The summed E-state index contributed by atoms with van der Waals surface area (Å²) in [5.74, 6) is 0. The summed E-state index contributed by atoms with van der Waals surface area (Å²) in [6.45, 7) is 0.155. The molecule has 1 aromatic heterocycles. The zero-order valence-electron chi connectivity index (χ0n) is 25.5. The summed E-state index contributed by atoms with van der Waals surface area (Å²) in [5.41, 5.74) is 16.1. The van der Waals surface area contributed by atoms with Crippen molar-refractivity contribution in [2.45, 2.75) is 25.7 Å². The lowest BCUT2D eigenvalue weighted by atomic mass is 9.36. The zero-order valence-corrected chi connectivity index (χ0v) is 26.3. The van der Waals surface area contributed by atoms with Gasteiger partial charge in [-0.3, -0.25) is 0 Å². The van der Waals surface area contributed by atoms with Crippen molar-refractivity contribution in [3.63, 3.8) is 0 Å². The first-order chi connectivity index (χ1) is 22.9. The van der Waals surface area contributed by atoms with Gasteiger partial charge in [0, 0.05) is 43.2 Å². The van der Waals surface area contributed by atoms with Crippen LogP contribution in [0.1, 0.15) is 24.0 Å². The van der Waals surface area contributed by atoms with E-state index in [1.165, 1.54) is 101 Å². The predicted molar refractivity (Wildman–Crippen MR) is 198 cm³/mol. The topological polar surface area (TPSA) is 6.48 Å². The summed E-state index contributed by atoms with van der Waals surface area (Å²) in [4.78, 5) is 5.08. The van der Waals surface area contributed by atoms with E-state index in [0.717, 1.165) is 6.42 Å². The maximum atomic E-state index is 2.56. The van der Waals surface area contributed by atoms with Crippen LogP contribution in [0.15, 0.2) is 140 Å². The van der Waals surface area contributed by atoms with Gasteiger partial charge in [0.25, 0.3) is 6.71 Å². The van der Waals surface area contributed by atoms with E-state index < -0.39 is 0 Å². The van der Waals surface area contributed by atoms with E-state index in [0.29, 0.717) is 0 Å². The molecule has 2 nitrogen and oxygen atoms in total. The second-order valence-electron chi connectivity index (χ2n) is 12.7. The Bertz CT molecular complexity index is 2310. The minimum atomic E-state index is 0.155. The lowest BCUT2D eigenvalue weighted by molar-refractivity contribution is 0.687. The number of thiophene rings is 1. The monoisotopic (exact) mass is 606 g/mol. The Labute approximate surface area is 274 Å². The summed E-state index contributed by atoms with van der Waals surface area (Å²) in [5, 5.41) is 1.32. The van der Waals surface area contributed by atoms with E-state index in [4.69, 9.17) is 0 Å². The molecule has 6 aromatic carbocycles. The van der Waals surface area contributed by atoms with Crippen LogP contribution in [0.2, 0.25) is 0 Å². The number of hydrogen-bond donors (Lipinski definition) is 0. The maximum absolute atomic E-state index is 2.56. The standard InChI is InChI=1S/C42H31BN2S/c1-2-16-29(17-3-1)44-37-25-13-26-38-40(37)43(42-41(44)33-20-7-11-27-39(33)46-42)34-22-8-10-24-36(34)45(38)35-23-9-6-19-32(35)31-21-12-15-28-14-4-5-18-30(28)31/h1-3,6-13,15-17,19-27H,4-5,14,18H2. The first kappa shape index (κ1) is 26.2. The fraction of sp³-hybridized carbons (Fsp3) is 0.0952. The third-order valence-electron chi connectivity index (χ3n) is 10.2. The summed E-state index contributed by atoms with van der Waals surface area (Å²) >= 11 is 1.95. The van der Waals surface area contributed by atoms with Gasteiger partial charge < -0.3 is 9.80 Å². The van der Waals surface area contributed by atoms with E-state index >= 15 is 0 Å². The number of fused-ring (bicyclic) bond motifs is 7. The van der Waals surface area contributed by atoms with E-state index in [-0.39, 0.29) is 6.71 Å². The summed E-state index contributed by atoms with van der Waals surface area (Å²) < 4.78 is 2.75. The number of rotatable bonds is 3. The molecule has 0 spiro atoms. The van der Waals surface area contributed by atoms with Crippen LogP contribution >= 0.6 is 11.3 Å². The summed E-state index contributed by atoms with van der Waals surface area (Å²) in [6, 6.07) is 52.0. The SMILES string of the molecule is c1ccc(N2c3cccc4c3B(c3ccccc3N4c3ccccc3-c3cccc4c3CCCC4)c3sc4ccccc4c32)cc1. The number of benzene rings is 6. The zero-order chi connectivity index (χ0) is 30.2. The number of nitrogens with zero attached hydrogens (tertiary/aromatic N) is 2. The predicted octanol–water partition coefficient (Wildman–Crippen LogP) is 9.53. The molecule has 2 aliphatic heterocycles. The Morgan fingerprint density at radius 2 is 1.20 bits per heavy atom. The van der Waals surface area contributed by atoms with Gasteiger partial charge in [0.05, 0.1) is 11.4 Å². The molecular weight excluding hydrogens is 575 g/mol. The highest BCUT2D eigenvalue weighted by Crippen LogP contribution is 2.49. The molecule has 0 atom stereocenters. The van der Waals surface area contributed by atoms with E-state index in [9.17, 15) is 0 Å². The number of aryl methyl sites for hydroxylation is 1. The largest absolute Gasteiger partial charge is 0.311 e. The molecule has 0 saturated carbocycles. The summed E-state index contributed by atoms with van der Waals surface area (Å²) in [6.07, 6.45) is 4.88. The van der Waals surface area contributed by atoms with Crippen molar-refractivity contribution in [1.29, 1.82) is 0 Å². The van der Waals surface area contributed by atoms with Crippen molar-refractivity contribution < 1.29 is 0 Å². The number of para-hydroxylation sites is 3. The molecule has 3 aliphatic rings. The number of hydrogen-bond acceptors (Lipinski definition) is 3. The Hall–Kier alpha value is -5.06. The molecule has 4 heteroatoms. The average molecular weight is 607 g/mol. The van der Waals surface area contributed by atoms with Crippen molar-refractivity contribution >= 4 is 78.0 Å². The Kier molecular flexibility index (Phi) is 5.83. The fourth-order valence-corrected chi connectivity index (χ4v) is 9.67. The molecule has 0 N–H and O–H groups in total. The molecular formula is C42H31BN2S. The highest BCUT2D eigenvalue weighted by atomic mass is 32.1. The van der Waals surface area contributed by atoms with E-state index in [1.807, 2.05) is 11.3 Å². The van der Waals surface area contributed by atoms with Crippen LogP contribution in [0.4, 0.5) is 34.1 Å². The third kappa shape index (κ3) is 3.71. The van der Waals surface area contributed by atoms with Gasteiger partial charge in [0.1, 0.15) is 0 Å². The first-order valence-corrected chi connectivity index (χ1v) is 17.3. The lowest BCUT2D eigenvalue weighted by Gasteiger charge is -2.43. The molecule has 46 heavy (non-hydrogen) atoms. The van der Waals surface area contributed by atoms with Crippen molar-refractivity contribution in [3.8, 4) is 11.1 Å². The molecule has 0 amide bonds. The first-order valence-electron chi connectivity index (χ1n) is 16.5. The second-order valence-corrected chi connectivity index (χ2v) is 13.8. The fourth-order valence-electron chi connectivity index (χ4n) is 8.35. The van der Waals surface area contributed by atoms with Crippen LogP contribution in [-0.2, 0) is 12.8 Å². The van der Waals surface area contributed by atoms with Crippen LogP contribution in [0.25, 0.3) is 21.2 Å². The second kappa shape index (κ2) is 10.2. The van der Waals surface area contributed by atoms with Gasteiger partial charge in [0.15, 0.2) is 0 Å². The van der Waals surface area contributed by atoms with E-state index in [2.05, 4.69) is 149 Å². The van der Waals surface area contributed by atoms with Crippen LogP contribution in [0.5, 0.6) is 0 Å². The summed E-state index contributed by atoms with van der Waals surface area (Å²) in [7, 11) is 0. The molecule has 0 unspecified atom stereocenters. The maximum Gasteiger partial charge on any atom is 0.264 e. The van der Waals surface area contributed by atoms with Crippen LogP contribution in [0.3, 0.4) is 0 Å². The molecule has 0 fully saturated rings. The van der Waals surface area contributed by atoms with E-state index in [1.54, 1.807) is 0 Å². The normalized spacial score (nSPS) is 14.5. The Balaban J connectivity index is 1.27. The lowest BCUT2D eigenvalue weighted by Crippen LogP contribution is -2.60. The molecule has 0 radical (unpaired) electrons. The quantitative estimate of drug-likeness (QED) is 0.185. The van der Waals surface area contributed by atoms with Crippen molar-refractivity contribution in [1.82, 2.24) is 0 Å². The third-order valence-corrected chi connectivity index (χ3v) is 11.5. The molecule has 1 aliphatic carbocycles. The molecule has 7 aromatic rings.